The number of aryl methyl sites for hydroxylation is 1. The summed E-state index contributed by atoms with van der Waals surface area (Å²) >= 11 is 0. The van der Waals surface area contributed by atoms with E-state index in [-0.39, 0.29) is 0 Å². The summed E-state index contributed by atoms with van der Waals surface area (Å²) in [6.07, 6.45) is 7.80. The second-order valence-corrected chi connectivity index (χ2v) is 5.74. The van der Waals surface area contributed by atoms with E-state index >= 15 is 0 Å². The molecule has 0 heterocycles. The van der Waals surface area contributed by atoms with E-state index in [0.29, 0.717) is 0 Å². The summed E-state index contributed by atoms with van der Waals surface area (Å²) in [5, 5.41) is 0. The van der Waals surface area contributed by atoms with Crippen LogP contribution in [0.5, 0.6) is 0 Å². The molecule has 1 aliphatic carbocycles. The zero-order valence-electron chi connectivity index (χ0n) is 11.4. The van der Waals surface area contributed by atoms with Gasteiger partial charge in [0.25, 0.3) is 0 Å². The Bertz CT molecular complexity index is 388. The molecule has 92 valence electrons. The van der Waals surface area contributed by atoms with Crippen LogP contribution in [0.25, 0.3) is 6.08 Å². The number of rotatable bonds is 2. The normalized spacial score (nSPS) is 20.7. The van der Waals surface area contributed by atoms with Crippen LogP contribution in [0.1, 0.15) is 50.7 Å². The highest BCUT2D eigenvalue weighted by atomic mass is 14.2. The third-order valence-corrected chi connectivity index (χ3v) is 4.16. The van der Waals surface area contributed by atoms with E-state index in [9.17, 15) is 0 Å². The Morgan fingerprint density at radius 3 is 2.35 bits per heavy atom. The van der Waals surface area contributed by atoms with E-state index in [2.05, 4.69) is 51.1 Å². The van der Waals surface area contributed by atoms with Crippen molar-refractivity contribution in [2.45, 2.75) is 46.5 Å². The van der Waals surface area contributed by atoms with Crippen molar-refractivity contribution in [1.82, 2.24) is 0 Å². The van der Waals surface area contributed by atoms with E-state index in [0.717, 1.165) is 11.8 Å². The Hall–Kier alpha value is -1.04. The van der Waals surface area contributed by atoms with Crippen molar-refractivity contribution in [3.63, 3.8) is 0 Å². The molecule has 1 aromatic carbocycles. The summed E-state index contributed by atoms with van der Waals surface area (Å²) in [6, 6.07) is 8.69. The van der Waals surface area contributed by atoms with Gasteiger partial charge >= 0.3 is 0 Å². The lowest BCUT2D eigenvalue weighted by atomic mass is 9.79. The average molecular weight is 228 g/mol. The molecule has 1 fully saturated rings. The first-order valence-corrected chi connectivity index (χ1v) is 6.92. The minimum atomic E-state index is 0.856. The first-order chi connectivity index (χ1) is 8.16. The number of benzene rings is 1. The maximum atomic E-state index is 2.42. The maximum Gasteiger partial charge on any atom is -0.0228 e. The predicted molar refractivity (Wildman–Crippen MR) is 76.0 cm³/mol. The van der Waals surface area contributed by atoms with Gasteiger partial charge in [0.05, 0.1) is 0 Å². The lowest BCUT2D eigenvalue weighted by Gasteiger charge is -2.27. The number of allylic oxidation sites excluding steroid dienone is 1. The van der Waals surface area contributed by atoms with Crippen molar-refractivity contribution >= 4 is 6.08 Å². The van der Waals surface area contributed by atoms with Crippen molar-refractivity contribution in [3.05, 3.63) is 41.0 Å². The molecule has 0 spiro atoms. The largest absolute Gasteiger partial charge is 0.0696 e. The molecule has 1 aromatic rings. The molecule has 0 unspecified atom stereocenters. The third-order valence-electron chi connectivity index (χ3n) is 4.16. The van der Waals surface area contributed by atoms with E-state index in [1.165, 1.54) is 36.8 Å². The van der Waals surface area contributed by atoms with Crippen LogP contribution in [0.2, 0.25) is 0 Å². The van der Waals surface area contributed by atoms with Crippen molar-refractivity contribution < 1.29 is 0 Å². The highest BCUT2D eigenvalue weighted by molar-refractivity contribution is 5.56. The van der Waals surface area contributed by atoms with Crippen LogP contribution in [-0.2, 0) is 0 Å². The molecule has 0 aromatic heterocycles. The third kappa shape index (κ3) is 3.21. The Labute approximate surface area is 106 Å². The molecule has 0 atom stereocenters. The molecule has 0 bridgehead atoms. The summed E-state index contributed by atoms with van der Waals surface area (Å²) in [5.74, 6) is 1.80. The second kappa shape index (κ2) is 5.53. The number of hydrogen-bond donors (Lipinski definition) is 0. The fourth-order valence-corrected chi connectivity index (χ4v) is 2.79. The minimum absolute atomic E-state index is 0.856. The molecular weight excluding hydrogens is 204 g/mol. The zero-order valence-corrected chi connectivity index (χ0v) is 11.4. The monoisotopic (exact) mass is 228 g/mol. The van der Waals surface area contributed by atoms with Gasteiger partial charge in [-0.1, -0.05) is 49.8 Å². The van der Waals surface area contributed by atoms with E-state index in [1.807, 2.05) is 0 Å². The molecule has 1 saturated carbocycles. The molecule has 0 N–H and O–H groups in total. The fraction of sp³-hybridized carbons (Fsp3) is 0.529. The molecular formula is C17H24. The topological polar surface area (TPSA) is 0 Å². The van der Waals surface area contributed by atoms with Gasteiger partial charge in [0, 0.05) is 0 Å². The van der Waals surface area contributed by atoms with Crippen LogP contribution < -0.4 is 0 Å². The van der Waals surface area contributed by atoms with Crippen molar-refractivity contribution in [2.24, 2.45) is 11.8 Å². The summed E-state index contributed by atoms with van der Waals surface area (Å²) in [6.45, 7) is 6.92. The van der Waals surface area contributed by atoms with Crippen LogP contribution in [0, 0.1) is 18.8 Å². The highest BCUT2D eigenvalue weighted by Gasteiger charge is 2.19. The average Bonchev–Trinajstić information content (AvgIpc) is 2.33. The van der Waals surface area contributed by atoms with Gasteiger partial charge in [0.1, 0.15) is 0 Å². The Kier molecular flexibility index (Phi) is 4.04. The summed E-state index contributed by atoms with van der Waals surface area (Å²) in [4.78, 5) is 0. The molecule has 0 amide bonds. The van der Waals surface area contributed by atoms with Gasteiger partial charge in [-0.25, -0.2) is 0 Å². The quantitative estimate of drug-likeness (QED) is 0.650. The first-order valence-electron chi connectivity index (χ1n) is 6.92. The van der Waals surface area contributed by atoms with Crippen LogP contribution in [0.15, 0.2) is 29.8 Å². The number of hydrogen-bond acceptors (Lipinski definition) is 0. The Balaban J connectivity index is 2.04. The van der Waals surface area contributed by atoms with Gasteiger partial charge in [0.2, 0.25) is 0 Å². The highest BCUT2D eigenvalue weighted by Crippen LogP contribution is 2.33. The summed E-state index contributed by atoms with van der Waals surface area (Å²) < 4.78 is 0. The van der Waals surface area contributed by atoms with Gasteiger partial charge in [-0.3, -0.25) is 0 Å². The van der Waals surface area contributed by atoms with Crippen LogP contribution >= 0.6 is 0 Å². The van der Waals surface area contributed by atoms with Gasteiger partial charge in [-0.2, -0.15) is 0 Å². The van der Waals surface area contributed by atoms with Crippen LogP contribution in [0.4, 0.5) is 0 Å². The van der Waals surface area contributed by atoms with Gasteiger partial charge in [0.15, 0.2) is 0 Å². The van der Waals surface area contributed by atoms with Gasteiger partial charge in [-0.05, 0) is 55.6 Å². The summed E-state index contributed by atoms with van der Waals surface area (Å²) in [7, 11) is 0. The van der Waals surface area contributed by atoms with Crippen molar-refractivity contribution in [2.75, 3.05) is 0 Å². The Morgan fingerprint density at radius 2 is 1.76 bits per heavy atom. The second-order valence-electron chi connectivity index (χ2n) is 5.74. The molecule has 0 saturated heterocycles. The van der Waals surface area contributed by atoms with Crippen molar-refractivity contribution in [1.29, 1.82) is 0 Å². The molecule has 0 radical (unpaired) electrons. The van der Waals surface area contributed by atoms with E-state index in [4.69, 9.17) is 0 Å². The Morgan fingerprint density at radius 1 is 1.12 bits per heavy atom. The van der Waals surface area contributed by atoms with E-state index in [1.54, 1.807) is 5.57 Å². The van der Waals surface area contributed by atoms with Gasteiger partial charge in [-0.15, -0.1) is 0 Å². The molecule has 0 heteroatoms. The minimum Gasteiger partial charge on any atom is -0.0696 e. The van der Waals surface area contributed by atoms with Crippen LogP contribution in [0.3, 0.4) is 0 Å². The molecule has 1 aliphatic rings. The van der Waals surface area contributed by atoms with Crippen molar-refractivity contribution in [3.8, 4) is 0 Å². The molecule has 0 nitrogen and oxygen atoms in total. The standard InChI is InChI=1S/C17H24/c1-13(2)16-10-8-15(9-11-16)12-17-7-5-4-6-14(17)3/h4-7,12-13,16H,8-11H2,1-3H3. The predicted octanol–water partition coefficient (Wildman–Crippen LogP) is 5.22. The fourth-order valence-electron chi connectivity index (χ4n) is 2.79. The SMILES string of the molecule is Cc1ccccc1C=C1CCC(C(C)C)CC1. The molecule has 17 heavy (non-hydrogen) atoms. The first kappa shape index (κ1) is 12.4. The maximum absolute atomic E-state index is 2.42. The van der Waals surface area contributed by atoms with E-state index < -0.39 is 0 Å². The summed E-state index contributed by atoms with van der Waals surface area (Å²) in [5.41, 5.74) is 4.45. The molecule has 2 rings (SSSR count). The zero-order chi connectivity index (χ0) is 12.3. The smallest absolute Gasteiger partial charge is 0.0228 e. The van der Waals surface area contributed by atoms with Crippen LogP contribution in [-0.4, -0.2) is 0 Å². The lowest BCUT2D eigenvalue weighted by Crippen LogP contribution is -2.13. The lowest BCUT2D eigenvalue weighted by molar-refractivity contribution is 0.312. The molecule has 0 aliphatic heterocycles. The van der Waals surface area contributed by atoms with Gasteiger partial charge < -0.3 is 0 Å².